The van der Waals surface area contributed by atoms with Gasteiger partial charge in [-0.25, -0.2) is 0 Å². The third-order valence-electron chi connectivity index (χ3n) is 0.624. The van der Waals surface area contributed by atoms with E-state index < -0.39 is 23.9 Å². The van der Waals surface area contributed by atoms with Gasteiger partial charge in [-0.05, 0) is 0 Å². The SMILES string of the molecule is NCCN.O.O.O.O.O.O.O.O.O=C(O)CBr.O=C(O)CBr.O=C(O)CBr.O=C(O)CBr.[H-].[H-].[H-].[H-].[K+].[K+].[K+].[K+]. The number of halogens is 4. The second-order valence-corrected chi connectivity index (χ2v) is 4.93. The van der Waals surface area contributed by atoms with Crippen molar-refractivity contribution in [3.8, 4) is 0 Å². The standard InChI is InChI=1S/4C2H3BrO2.C2H8N2.4K.8H2O.4H/c4*3-1-2(4)5;3-1-2-4;;;;;;;;;;;;;;;;/h4*1H2,(H,4,5);1-4H2;;;;;8*1H2;;;;/q;;;;;4*+1;;;;;;;;;4*-1. The van der Waals surface area contributed by atoms with Crippen molar-refractivity contribution in [1.82, 2.24) is 0 Å². The second-order valence-electron chi connectivity index (χ2n) is 2.69. The first-order valence-electron chi connectivity index (χ1n) is 5.51. The van der Waals surface area contributed by atoms with E-state index in [2.05, 4.69) is 63.7 Å². The number of hydrogen-bond acceptors (Lipinski definition) is 6. The van der Waals surface area contributed by atoms with E-state index in [1.165, 1.54) is 0 Å². The first-order chi connectivity index (χ1) is 11.0. The number of carboxylic acids is 4. The minimum Gasteiger partial charge on any atom is -1.00 e. The van der Waals surface area contributed by atoms with Crippen LogP contribution in [0.4, 0.5) is 0 Å². The van der Waals surface area contributed by atoms with Gasteiger partial charge in [0.1, 0.15) is 21.3 Å². The zero-order valence-electron chi connectivity index (χ0n) is 24.3. The third kappa shape index (κ3) is 271. The Morgan fingerprint density at radius 1 is 0.444 bits per heavy atom. The fraction of sp³-hybridized carbons (Fsp3) is 0.600. The molecule has 0 fully saturated rings. The van der Waals surface area contributed by atoms with Crippen molar-refractivity contribution in [2.75, 3.05) is 34.4 Å². The maximum absolute atomic E-state index is 9.32. The number of carboxylic acid groups (broad SMARTS) is 4. The molecule has 0 aromatic heterocycles. The summed E-state index contributed by atoms with van der Waals surface area (Å²) in [5.41, 5.74) is 9.81. The number of aliphatic carboxylic acids is 4. The number of hydrogen-bond donors (Lipinski definition) is 6. The molecule has 0 aliphatic heterocycles. The number of carbonyl (C=O) groups is 4. The van der Waals surface area contributed by atoms with Crippen molar-refractivity contribution >= 4 is 87.6 Å². The second kappa shape index (κ2) is 114. The average molecular weight is 920 g/mol. The number of rotatable bonds is 5. The summed E-state index contributed by atoms with van der Waals surface area (Å²) in [5, 5.41) is 30.8. The van der Waals surface area contributed by atoms with E-state index in [9.17, 15) is 19.2 Å². The fourth-order valence-electron chi connectivity index (χ4n) is 0. The van der Waals surface area contributed by atoms with Crippen LogP contribution in [0.25, 0.3) is 0 Å². The molecular formula is C10H40Br4K4N2O16. The van der Waals surface area contributed by atoms with Gasteiger partial charge in [0, 0.05) is 13.1 Å². The molecular weight excluding hydrogens is 880 g/mol. The molecule has 0 aromatic rings. The van der Waals surface area contributed by atoms with Crippen LogP contribution in [0.1, 0.15) is 5.71 Å². The van der Waals surface area contributed by atoms with Gasteiger partial charge in [0.05, 0.1) is 0 Å². The van der Waals surface area contributed by atoms with Gasteiger partial charge in [-0.2, -0.15) is 0 Å². The Kier molecular flexibility index (Phi) is 358. The molecule has 0 bridgehead atoms. The van der Waals surface area contributed by atoms with Gasteiger partial charge in [0.25, 0.3) is 0 Å². The predicted molar refractivity (Wildman–Crippen MR) is 137 cm³/mol. The molecule has 0 saturated heterocycles. The van der Waals surface area contributed by atoms with Crippen LogP contribution in [-0.4, -0.2) is 123 Å². The van der Waals surface area contributed by atoms with E-state index in [0.29, 0.717) is 13.1 Å². The monoisotopic (exact) mass is 916 g/mol. The molecule has 0 spiro atoms. The van der Waals surface area contributed by atoms with Gasteiger partial charge in [-0.3, -0.25) is 19.2 Å². The van der Waals surface area contributed by atoms with Crippen molar-refractivity contribution in [3.05, 3.63) is 0 Å². The van der Waals surface area contributed by atoms with Crippen LogP contribution in [-0.2, 0) is 19.2 Å². The molecule has 0 unspecified atom stereocenters. The first kappa shape index (κ1) is 113. The summed E-state index contributed by atoms with van der Waals surface area (Å²) in [5.74, 6) is -3.31. The molecule has 24 N–H and O–H groups in total. The minimum atomic E-state index is -0.829. The summed E-state index contributed by atoms with van der Waals surface area (Å²) >= 11 is 10.9. The summed E-state index contributed by atoms with van der Waals surface area (Å²) in [4.78, 5) is 37.3. The topological polar surface area (TPSA) is 453 Å². The molecule has 0 saturated carbocycles. The van der Waals surface area contributed by atoms with Crippen LogP contribution >= 0.6 is 63.7 Å². The van der Waals surface area contributed by atoms with Crippen LogP contribution in [0, 0.1) is 0 Å². The van der Waals surface area contributed by atoms with Crippen molar-refractivity contribution in [2.45, 2.75) is 0 Å². The Labute approximate surface area is 417 Å². The van der Waals surface area contributed by atoms with E-state index in [0.717, 1.165) is 0 Å². The maximum Gasteiger partial charge on any atom is 1.00 e. The Balaban J connectivity index is -0.00000000540. The summed E-state index contributed by atoms with van der Waals surface area (Å²) < 4.78 is 0. The Bertz CT molecular complexity index is 310. The van der Waals surface area contributed by atoms with Crippen LogP contribution in [0.2, 0.25) is 0 Å². The molecule has 218 valence electrons. The van der Waals surface area contributed by atoms with E-state index in [1.807, 2.05) is 0 Å². The maximum atomic E-state index is 9.32. The molecule has 18 nitrogen and oxygen atoms in total. The number of nitrogens with two attached hydrogens (primary N) is 2. The first-order valence-corrected chi connectivity index (χ1v) is 10.00. The summed E-state index contributed by atoms with van der Waals surface area (Å²) in [6, 6.07) is 0. The Morgan fingerprint density at radius 2 is 0.500 bits per heavy atom. The van der Waals surface area contributed by atoms with Gasteiger partial charge >= 0.3 is 229 Å². The molecule has 0 aromatic carbocycles. The smallest absolute Gasteiger partial charge is 1.00 e. The zero-order valence-corrected chi connectivity index (χ0v) is 39.2. The van der Waals surface area contributed by atoms with Gasteiger partial charge in [0.15, 0.2) is 0 Å². The Morgan fingerprint density at radius 3 is 0.500 bits per heavy atom. The molecule has 0 rings (SSSR count). The largest absolute Gasteiger partial charge is 1.00 e. The van der Waals surface area contributed by atoms with Crippen molar-refractivity contribution in [1.29, 1.82) is 0 Å². The normalized spacial score (nSPS) is 4.94. The van der Waals surface area contributed by atoms with Crippen molar-refractivity contribution < 1.29 is 295 Å². The van der Waals surface area contributed by atoms with Gasteiger partial charge in [-0.15, -0.1) is 0 Å². The molecule has 36 heavy (non-hydrogen) atoms. The minimum absolute atomic E-state index is 0. The van der Waals surface area contributed by atoms with Crippen LogP contribution < -0.4 is 217 Å². The van der Waals surface area contributed by atoms with Gasteiger partial charge in [-0.1, -0.05) is 63.7 Å². The van der Waals surface area contributed by atoms with Crippen LogP contribution in [0.5, 0.6) is 0 Å². The quantitative estimate of drug-likeness (QED) is 0.112. The summed E-state index contributed by atoms with van der Waals surface area (Å²) in [6.07, 6.45) is 0. The average Bonchev–Trinajstić information content (AvgIpc) is 2.56. The molecule has 0 radical (unpaired) electrons. The Hall–Kier alpha value is 5.95. The van der Waals surface area contributed by atoms with E-state index in [-0.39, 0.29) is 276 Å². The molecule has 0 atom stereocenters. The van der Waals surface area contributed by atoms with Gasteiger partial charge in [0.2, 0.25) is 0 Å². The van der Waals surface area contributed by atoms with E-state index >= 15 is 0 Å². The number of alkyl halides is 4. The van der Waals surface area contributed by atoms with E-state index in [1.54, 1.807) is 0 Å². The fourth-order valence-corrected chi connectivity index (χ4v) is 0. The zero-order chi connectivity index (χ0) is 20.6. The molecule has 0 aliphatic carbocycles. The summed E-state index contributed by atoms with van der Waals surface area (Å²) in [6.45, 7) is 1.19. The van der Waals surface area contributed by atoms with Crippen molar-refractivity contribution in [2.24, 2.45) is 11.5 Å². The molecule has 0 aliphatic rings. The van der Waals surface area contributed by atoms with E-state index in [4.69, 9.17) is 31.9 Å². The van der Waals surface area contributed by atoms with Crippen LogP contribution in [0.3, 0.4) is 0 Å². The molecule has 0 heterocycles. The van der Waals surface area contributed by atoms with Crippen LogP contribution in [0.15, 0.2) is 0 Å². The van der Waals surface area contributed by atoms with Gasteiger partial charge < -0.3 is 81.4 Å². The molecule has 26 heteroatoms. The van der Waals surface area contributed by atoms with Crippen molar-refractivity contribution in [3.63, 3.8) is 0 Å². The predicted octanol–water partition coefficient (Wildman–Crippen LogP) is -17.4. The molecule has 0 amide bonds. The summed E-state index contributed by atoms with van der Waals surface area (Å²) in [7, 11) is 0. The third-order valence-corrected chi connectivity index (χ3v) is 2.54.